The van der Waals surface area contributed by atoms with Crippen molar-refractivity contribution in [2.45, 2.75) is 39.7 Å². The van der Waals surface area contributed by atoms with Crippen LogP contribution in [0.5, 0.6) is 0 Å². The number of nitrogens with zero attached hydrogens (tertiary/aromatic N) is 4. The third-order valence-electron chi connectivity index (χ3n) is 4.70. The molecule has 0 N–H and O–H groups in total. The Bertz CT molecular complexity index is 759. The summed E-state index contributed by atoms with van der Waals surface area (Å²) in [4.78, 5) is 25.8. The molecule has 0 fully saturated rings. The molecule has 3 rings (SSSR count). The first-order valence-electron chi connectivity index (χ1n) is 9.01. The van der Waals surface area contributed by atoms with Crippen molar-refractivity contribution < 1.29 is 4.79 Å². The van der Waals surface area contributed by atoms with Crippen LogP contribution in [0.3, 0.4) is 0 Å². The summed E-state index contributed by atoms with van der Waals surface area (Å²) in [6.07, 6.45) is 3.13. The molecule has 0 atom stereocenters. The molecule has 2 heterocycles. The van der Waals surface area contributed by atoms with E-state index >= 15 is 0 Å². The average Bonchev–Trinajstić information content (AvgIpc) is 2.64. The molecule has 1 aliphatic heterocycles. The quantitative estimate of drug-likeness (QED) is 0.840. The lowest BCUT2D eigenvalue weighted by atomic mass is 10.00. The minimum Gasteiger partial charge on any atom is -0.360 e. The van der Waals surface area contributed by atoms with E-state index in [4.69, 9.17) is 0 Å². The van der Waals surface area contributed by atoms with Crippen LogP contribution in [0.4, 0.5) is 5.82 Å². The summed E-state index contributed by atoms with van der Waals surface area (Å²) in [5.41, 5.74) is 3.06. The Kier molecular flexibility index (Phi) is 5.31. The fraction of sp³-hybridized carbons (Fsp3) is 0.450. The highest BCUT2D eigenvalue weighted by Gasteiger charge is 2.23. The molecule has 0 bridgehead atoms. The molecule has 0 unspecified atom stereocenters. The van der Waals surface area contributed by atoms with Crippen molar-refractivity contribution in [3.05, 3.63) is 53.0 Å². The normalized spacial score (nSPS) is 13.5. The molecule has 25 heavy (non-hydrogen) atoms. The topological polar surface area (TPSA) is 49.3 Å². The van der Waals surface area contributed by atoms with E-state index in [0.29, 0.717) is 18.1 Å². The van der Waals surface area contributed by atoms with Gasteiger partial charge in [0.25, 0.3) is 5.91 Å². The van der Waals surface area contributed by atoms with Gasteiger partial charge in [-0.25, -0.2) is 9.97 Å². The van der Waals surface area contributed by atoms with Crippen molar-refractivity contribution in [3.8, 4) is 0 Å². The third kappa shape index (κ3) is 3.98. The van der Waals surface area contributed by atoms with Crippen LogP contribution >= 0.6 is 0 Å². The van der Waals surface area contributed by atoms with E-state index in [9.17, 15) is 4.79 Å². The second-order valence-corrected chi connectivity index (χ2v) is 6.68. The van der Waals surface area contributed by atoms with Gasteiger partial charge in [0.2, 0.25) is 0 Å². The number of aryl methyl sites for hydroxylation is 1. The van der Waals surface area contributed by atoms with E-state index < -0.39 is 0 Å². The van der Waals surface area contributed by atoms with E-state index in [1.54, 1.807) is 0 Å². The molecular formula is C20H26N4O. The molecule has 0 radical (unpaired) electrons. The number of hydrogen-bond acceptors (Lipinski definition) is 4. The van der Waals surface area contributed by atoms with Gasteiger partial charge < -0.3 is 9.80 Å². The van der Waals surface area contributed by atoms with Gasteiger partial charge in [-0.1, -0.05) is 37.6 Å². The fourth-order valence-corrected chi connectivity index (χ4v) is 3.20. The van der Waals surface area contributed by atoms with Gasteiger partial charge in [-0.15, -0.1) is 0 Å². The van der Waals surface area contributed by atoms with Crippen molar-refractivity contribution in [1.82, 2.24) is 14.9 Å². The van der Waals surface area contributed by atoms with Crippen LogP contribution in [-0.2, 0) is 13.0 Å². The first-order chi connectivity index (χ1) is 12.1. The van der Waals surface area contributed by atoms with Gasteiger partial charge >= 0.3 is 0 Å². The van der Waals surface area contributed by atoms with Crippen LogP contribution in [-0.4, -0.2) is 40.9 Å². The maximum atomic E-state index is 13.0. The molecule has 5 heteroatoms. The molecular weight excluding hydrogens is 312 g/mol. The Morgan fingerprint density at radius 3 is 2.76 bits per heavy atom. The zero-order chi connectivity index (χ0) is 17.8. The summed E-state index contributed by atoms with van der Waals surface area (Å²) in [5, 5.41) is 0. The lowest BCUT2D eigenvalue weighted by Crippen LogP contribution is -2.36. The summed E-state index contributed by atoms with van der Waals surface area (Å²) in [6.45, 7) is 6.33. The average molecular weight is 338 g/mol. The second kappa shape index (κ2) is 7.64. The van der Waals surface area contributed by atoms with E-state index in [-0.39, 0.29) is 5.91 Å². The smallest absolute Gasteiger partial charge is 0.272 e. The van der Waals surface area contributed by atoms with E-state index in [1.165, 1.54) is 11.1 Å². The second-order valence-electron chi connectivity index (χ2n) is 6.68. The van der Waals surface area contributed by atoms with Crippen molar-refractivity contribution in [3.63, 3.8) is 0 Å². The standard InChI is InChI=1S/C20H26N4O/c1-4-5-11-23(3)19-13-18(21-15(2)22-19)20(25)24-12-10-16-8-6-7-9-17(16)14-24/h6-9,13H,4-5,10-12,14H2,1-3H3. The number of unbranched alkanes of at least 4 members (excludes halogenated alkanes) is 1. The number of aromatic nitrogens is 2. The Hall–Kier alpha value is -2.43. The molecule has 0 aliphatic carbocycles. The molecule has 0 saturated heterocycles. The molecule has 0 spiro atoms. The third-order valence-corrected chi connectivity index (χ3v) is 4.70. The van der Waals surface area contributed by atoms with Crippen LogP contribution in [0.25, 0.3) is 0 Å². The van der Waals surface area contributed by atoms with Crippen molar-refractivity contribution >= 4 is 11.7 Å². The Balaban J connectivity index is 1.79. The van der Waals surface area contributed by atoms with Crippen LogP contribution in [0, 0.1) is 6.92 Å². The number of anilines is 1. The van der Waals surface area contributed by atoms with Gasteiger partial charge in [-0.2, -0.15) is 0 Å². The molecule has 132 valence electrons. The minimum absolute atomic E-state index is 0.00913. The van der Waals surface area contributed by atoms with Crippen molar-refractivity contribution in [2.24, 2.45) is 0 Å². The van der Waals surface area contributed by atoms with Gasteiger partial charge in [-0.05, 0) is 30.9 Å². The zero-order valence-corrected chi connectivity index (χ0v) is 15.3. The molecule has 0 saturated carbocycles. The first-order valence-corrected chi connectivity index (χ1v) is 9.01. The largest absolute Gasteiger partial charge is 0.360 e. The molecule has 1 aromatic carbocycles. The maximum Gasteiger partial charge on any atom is 0.272 e. The fourth-order valence-electron chi connectivity index (χ4n) is 3.20. The predicted octanol–water partition coefficient (Wildman–Crippen LogP) is 3.22. The molecule has 5 nitrogen and oxygen atoms in total. The Labute approximate surface area is 149 Å². The van der Waals surface area contributed by atoms with Gasteiger partial charge in [0.1, 0.15) is 17.3 Å². The van der Waals surface area contributed by atoms with Gasteiger partial charge in [0, 0.05) is 32.7 Å². The van der Waals surface area contributed by atoms with Crippen LogP contribution < -0.4 is 4.90 Å². The summed E-state index contributed by atoms with van der Waals surface area (Å²) in [5.74, 6) is 1.45. The number of benzene rings is 1. The molecule has 2 aromatic rings. The van der Waals surface area contributed by atoms with Crippen LogP contribution in [0.1, 0.15) is 47.2 Å². The van der Waals surface area contributed by atoms with Gasteiger partial charge in [0.05, 0.1) is 0 Å². The van der Waals surface area contributed by atoms with Crippen LogP contribution in [0.15, 0.2) is 30.3 Å². The number of amides is 1. The molecule has 1 amide bonds. The lowest BCUT2D eigenvalue weighted by molar-refractivity contribution is 0.0728. The van der Waals surface area contributed by atoms with Gasteiger partial charge in [0.15, 0.2) is 0 Å². The van der Waals surface area contributed by atoms with E-state index in [2.05, 4.69) is 40.0 Å². The Morgan fingerprint density at radius 1 is 1.24 bits per heavy atom. The summed E-state index contributed by atoms with van der Waals surface area (Å²) in [6, 6.07) is 10.2. The highest BCUT2D eigenvalue weighted by molar-refractivity contribution is 5.93. The number of hydrogen-bond donors (Lipinski definition) is 0. The van der Waals surface area contributed by atoms with Gasteiger partial charge in [-0.3, -0.25) is 4.79 Å². The molecule has 1 aliphatic rings. The number of carbonyl (C=O) groups excluding carboxylic acids is 1. The van der Waals surface area contributed by atoms with Crippen molar-refractivity contribution in [1.29, 1.82) is 0 Å². The highest BCUT2D eigenvalue weighted by Crippen LogP contribution is 2.21. The van der Waals surface area contributed by atoms with E-state index in [1.807, 2.05) is 31.0 Å². The predicted molar refractivity (Wildman–Crippen MR) is 99.8 cm³/mol. The SMILES string of the molecule is CCCCN(C)c1cc(C(=O)N2CCc3ccccc3C2)nc(C)n1. The number of carbonyl (C=O) groups is 1. The first kappa shape index (κ1) is 17.4. The summed E-state index contributed by atoms with van der Waals surface area (Å²) in [7, 11) is 2.02. The molecule has 1 aromatic heterocycles. The van der Waals surface area contributed by atoms with E-state index in [0.717, 1.165) is 38.2 Å². The number of rotatable bonds is 5. The summed E-state index contributed by atoms with van der Waals surface area (Å²) >= 11 is 0. The Morgan fingerprint density at radius 2 is 2.00 bits per heavy atom. The summed E-state index contributed by atoms with van der Waals surface area (Å²) < 4.78 is 0. The van der Waals surface area contributed by atoms with Crippen molar-refractivity contribution in [2.75, 3.05) is 25.0 Å². The minimum atomic E-state index is -0.00913. The maximum absolute atomic E-state index is 13.0. The highest BCUT2D eigenvalue weighted by atomic mass is 16.2. The monoisotopic (exact) mass is 338 g/mol. The number of fused-ring (bicyclic) bond motifs is 1. The zero-order valence-electron chi connectivity index (χ0n) is 15.3. The lowest BCUT2D eigenvalue weighted by Gasteiger charge is -2.29. The van der Waals surface area contributed by atoms with Crippen LogP contribution in [0.2, 0.25) is 0 Å².